The third-order valence-corrected chi connectivity index (χ3v) is 7.29. The van der Waals surface area contributed by atoms with Gasteiger partial charge in [0.15, 0.2) is 0 Å². The summed E-state index contributed by atoms with van der Waals surface area (Å²) >= 11 is 13.6. The van der Waals surface area contributed by atoms with Crippen molar-refractivity contribution in [2.75, 3.05) is 10.6 Å². The van der Waals surface area contributed by atoms with Crippen LogP contribution in [-0.2, 0) is 9.59 Å². The van der Waals surface area contributed by atoms with E-state index in [0.29, 0.717) is 32.5 Å². The molecule has 0 aromatic heterocycles. The molecule has 0 heterocycles. The lowest BCUT2D eigenvalue weighted by Gasteiger charge is -2.14. The number of thioether (sulfide) groups is 1. The van der Waals surface area contributed by atoms with Gasteiger partial charge in [0.2, 0.25) is 5.91 Å². The number of benzene rings is 4. The fourth-order valence-electron chi connectivity index (χ4n) is 3.58. The maximum atomic E-state index is 13.2. The number of carbonyl (C=O) groups is 3. The fourth-order valence-corrected chi connectivity index (χ4v) is 4.82. The molecule has 0 aliphatic rings. The van der Waals surface area contributed by atoms with Crippen LogP contribution in [0.2, 0.25) is 10.0 Å². The molecule has 4 aromatic carbocycles. The van der Waals surface area contributed by atoms with Crippen molar-refractivity contribution < 1.29 is 14.4 Å². The average Bonchev–Trinajstić information content (AvgIpc) is 2.95. The van der Waals surface area contributed by atoms with E-state index in [1.54, 1.807) is 104 Å². The SMILES string of the molecule is CC(Sc1ccc(NC(=O)/C(=C/c2cccc(Cl)c2)NC(=O)c2ccccc2)cc1)C(=O)Nc1ccccc1Cl. The summed E-state index contributed by atoms with van der Waals surface area (Å²) in [7, 11) is 0. The zero-order valence-corrected chi connectivity index (χ0v) is 23.7. The molecule has 202 valence electrons. The molecule has 6 nitrogen and oxygen atoms in total. The zero-order valence-electron chi connectivity index (χ0n) is 21.4. The monoisotopic (exact) mass is 589 g/mol. The van der Waals surface area contributed by atoms with E-state index >= 15 is 0 Å². The zero-order chi connectivity index (χ0) is 28.5. The molecule has 4 aromatic rings. The highest BCUT2D eigenvalue weighted by molar-refractivity contribution is 8.00. The van der Waals surface area contributed by atoms with Gasteiger partial charge in [0, 0.05) is 21.2 Å². The Morgan fingerprint density at radius 2 is 1.50 bits per heavy atom. The largest absolute Gasteiger partial charge is 0.324 e. The number of rotatable bonds is 9. The second-order valence-electron chi connectivity index (χ2n) is 8.64. The maximum absolute atomic E-state index is 13.2. The Bertz CT molecular complexity index is 1540. The minimum Gasteiger partial charge on any atom is -0.324 e. The summed E-state index contributed by atoms with van der Waals surface area (Å²) in [6, 6.07) is 29.7. The molecule has 1 unspecified atom stereocenters. The molecule has 3 amide bonds. The molecule has 0 radical (unpaired) electrons. The number of para-hydroxylation sites is 1. The van der Waals surface area contributed by atoms with Crippen LogP contribution in [0, 0.1) is 0 Å². The van der Waals surface area contributed by atoms with Crippen LogP contribution in [0.15, 0.2) is 114 Å². The predicted octanol–water partition coefficient (Wildman–Crippen LogP) is 7.52. The van der Waals surface area contributed by atoms with E-state index in [2.05, 4.69) is 16.0 Å². The van der Waals surface area contributed by atoms with Gasteiger partial charge in [-0.15, -0.1) is 11.8 Å². The standard InChI is InChI=1S/C31H25Cl2N3O3S/c1-20(29(37)35-27-13-6-5-12-26(27)33)40-25-16-14-24(15-17-25)34-31(39)28(19-21-8-7-11-23(32)18-21)36-30(38)22-9-3-2-4-10-22/h2-20H,1H3,(H,34,39)(H,35,37)(H,36,38)/b28-19-. The van der Waals surface area contributed by atoms with Gasteiger partial charge in [0.25, 0.3) is 11.8 Å². The van der Waals surface area contributed by atoms with Crippen molar-refractivity contribution in [3.63, 3.8) is 0 Å². The Labute approximate surface area is 246 Å². The molecule has 3 N–H and O–H groups in total. The van der Waals surface area contributed by atoms with Crippen LogP contribution in [0.3, 0.4) is 0 Å². The summed E-state index contributed by atoms with van der Waals surface area (Å²) in [6.07, 6.45) is 1.56. The Balaban J connectivity index is 1.43. The number of hydrogen-bond acceptors (Lipinski definition) is 4. The van der Waals surface area contributed by atoms with Crippen LogP contribution in [0.4, 0.5) is 11.4 Å². The van der Waals surface area contributed by atoms with Crippen LogP contribution in [0.1, 0.15) is 22.8 Å². The highest BCUT2D eigenvalue weighted by atomic mass is 35.5. The van der Waals surface area contributed by atoms with Crippen molar-refractivity contribution in [1.29, 1.82) is 0 Å². The molecule has 0 saturated heterocycles. The normalized spacial score (nSPS) is 11.8. The van der Waals surface area contributed by atoms with Gasteiger partial charge in [-0.05, 0) is 79.2 Å². The van der Waals surface area contributed by atoms with Gasteiger partial charge in [-0.25, -0.2) is 0 Å². The second-order valence-corrected chi connectivity index (χ2v) is 10.9. The molecule has 0 spiro atoms. The minimum absolute atomic E-state index is 0.0550. The number of nitrogens with one attached hydrogen (secondary N) is 3. The first kappa shape index (κ1) is 29.0. The Kier molecular flexibility index (Phi) is 10.0. The van der Waals surface area contributed by atoms with Crippen molar-refractivity contribution >= 4 is 70.1 Å². The number of halogens is 2. The topological polar surface area (TPSA) is 87.3 Å². The average molecular weight is 591 g/mol. The first-order valence-corrected chi connectivity index (χ1v) is 13.9. The van der Waals surface area contributed by atoms with Gasteiger partial charge in [0.05, 0.1) is 16.0 Å². The smallest absolute Gasteiger partial charge is 0.272 e. The molecule has 4 rings (SSSR count). The van der Waals surface area contributed by atoms with Crippen LogP contribution >= 0.6 is 35.0 Å². The molecule has 0 aliphatic carbocycles. The van der Waals surface area contributed by atoms with Gasteiger partial charge in [-0.1, -0.05) is 65.7 Å². The number of anilines is 2. The summed E-state index contributed by atoms with van der Waals surface area (Å²) in [5.74, 6) is -1.10. The van der Waals surface area contributed by atoms with Gasteiger partial charge in [-0.3, -0.25) is 14.4 Å². The molecule has 0 bridgehead atoms. The van der Waals surface area contributed by atoms with Gasteiger partial charge in [0.1, 0.15) is 5.70 Å². The Morgan fingerprint density at radius 1 is 0.800 bits per heavy atom. The van der Waals surface area contributed by atoms with E-state index in [0.717, 1.165) is 4.90 Å². The Morgan fingerprint density at radius 3 is 2.20 bits per heavy atom. The summed E-state index contributed by atoms with van der Waals surface area (Å²) in [4.78, 5) is 39.5. The summed E-state index contributed by atoms with van der Waals surface area (Å²) < 4.78 is 0. The lowest BCUT2D eigenvalue weighted by atomic mass is 10.1. The fraction of sp³-hybridized carbons (Fsp3) is 0.0645. The number of carbonyl (C=O) groups excluding carboxylic acids is 3. The highest BCUT2D eigenvalue weighted by Gasteiger charge is 2.17. The number of amides is 3. The van der Waals surface area contributed by atoms with E-state index < -0.39 is 17.1 Å². The predicted molar refractivity (Wildman–Crippen MR) is 164 cm³/mol. The van der Waals surface area contributed by atoms with E-state index in [1.807, 2.05) is 12.1 Å². The van der Waals surface area contributed by atoms with Gasteiger partial charge < -0.3 is 16.0 Å². The lowest BCUT2D eigenvalue weighted by molar-refractivity contribution is -0.115. The molecule has 9 heteroatoms. The molecule has 0 aliphatic heterocycles. The van der Waals surface area contributed by atoms with E-state index in [1.165, 1.54) is 11.8 Å². The van der Waals surface area contributed by atoms with Crippen LogP contribution < -0.4 is 16.0 Å². The molecular weight excluding hydrogens is 565 g/mol. The van der Waals surface area contributed by atoms with Gasteiger partial charge >= 0.3 is 0 Å². The minimum atomic E-state index is -0.503. The van der Waals surface area contributed by atoms with E-state index in [-0.39, 0.29) is 11.6 Å². The van der Waals surface area contributed by atoms with Crippen molar-refractivity contribution in [1.82, 2.24) is 5.32 Å². The quantitative estimate of drug-likeness (QED) is 0.139. The third kappa shape index (κ3) is 8.23. The van der Waals surface area contributed by atoms with Crippen molar-refractivity contribution in [3.05, 3.63) is 130 Å². The van der Waals surface area contributed by atoms with E-state index in [4.69, 9.17) is 23.2 Å². The Hall–Kier alpha value is -4.04. The van der Waals surface area contributed by atoms with Crippen molar-refractivity contribution in [3.8, 4) is 0 Å². The summed E-state index contributed by atoms with van der Waals surface area (Å²) in [5.41, 5.74) is 2.21. The summed E-state index contributed by atoms with van der Waals surface area (Å²) in [6.45, 7) is 1.80. The molecule has 1 atom stereocenters. The first-order valence-electron chi connectivity index (χ1n) is 12.3. The first-order chi connectivity index (χ1) is 19.3. The van der Waals surface area contributed by atoms with Crippen molar-refractivity contribution in [2.24, 2.45) is 0 Å². The maximum Gasteiger partial charge on any atom is 0.272 e. The molecule has 40 heavy (non-hydrogen) atoms. The third-order valence-electron chi connectivity index (χ3n) is 5.61. The molecular formula is C31H25Cl2N3O3S. The van der Waals surface area contributed by atoms with Crippen LogP contribution in [0.5, 0.6) is 0 Å². The molecule has 0 fully saturated rings. The lowest BCUT2D eigenvalue weighted by Crippen LogP contribution is -2.30. The summed E-state index contributed by atoms with van der Waals surface area (Å²) in [5, 5.41) is 8.94. The highest BCUT2D eigenvalue weighted by Crippen LogP contribution is 2.27. The van der Waals surface area contributed by atoms with Crippen molar-refractivity contribution in [2.45, 2.75) is 17.1 Å². The van der Waals surface area contributed by atoms with Crippen LogP contribution in [-0.4, -0.2) is 23.0 Å². The second kappa shape index (κ2) is 13.8. The number of hydrogen-bond donors (Lipinski definition) is 3. The molecule has 0 saturated carbocycles. The van der Waals surface area contributed by atoms with Crippen LogP contribution in [0.25, 0.3) is 6.08 Å². The van der Waals surface area contributed by atoms with E-state index in [9.17, 15) is 14.4 Å². The van der Waals surface area contributed by atoms with Gasteiger partial charge in [-0.2, -0.15) is 0 Å².